The standard InChI is InChI=1S/C17H26N2O4S/c1-4-23-16(20)19-11-9-17(10-12-19,13-18-24(3,21)22)15-7-5-14(2)6-8-15/h5-8,18H,4,9-13H2,1-3H3. The van der Waals surface area contributed by atoms with Gasteiger partial charge in [-0.15, -0.1) is 0 Å². The molecule has 6 nitrogen and oxygen atoms in total. The van der Waals surface area contributed by atoms with Gasteiger partial charge < -0.3 is 9.64 Å². The summed E-state index contributed by atoms with van der Waals surface area (Å²) in [4.78, 5) is 13.6. The van der Waals surface area contributed by atoms with Crippen molar-refractivity contribution in [2.45, 2.75) is 32.1 Å². The molecule has 1 heterocycles. The minimum Gasteiger partial charge on any atom is -0.450 e. The van der Waals surface area contributed by atoms with Gasteiger partial charge >= 0.3 is 6.09 Å². The number of ether oxygens (including phenoxy) is 1. The quantitative estimate of drug-likeness (QED) is 0.878. The van der Waals surface area contributed by atoms with Crippen LogP contribution in [0.5, 0.6) is 0 Å². The Hall–Kier alpha value is -1.60. The minimum absolute atomic E-state index is 0.300. The first kappa shape index (κ1) is 18.7. The molecule has 0 aliphatic carbocycles. The molecule has 24 heavy (non-hydrogen) atoms. The van der Waals surface area contributed by atoms with Gasteiger partial charge in [0.2, 0.25) is 10.0 Å². The molecule has 1 aliphatic heterocycles. The van der Waals surface area contributed by atoms with Crippen LogP contribution in [0.25, 0.3) is 0 Å². The SMILES string of the molecule is CCOC(=O)N1CCC(CNS(C)(=O)=O)(c2ccc(C)cc2)CC1. The van der Waals surface area contributed by atoms with Crippen molar-refractivity contribution < 1.29 is 17.9 Å². The number of benzene rings is 1. The van der Waals surface area contributed by atoms with Crippen molar-refractivity contribution in [1.82, 2.24) is 9.62 Å². The number of hydrogen-bond donors (Lipinski definition) is 1. The third-order valence-corrected chi connectivity index (χ3v) is 5.25. The molecule has 2 rings (SSSR count). The first-order valence-electron chi connectivity index (χ1n) is 8.19. The van der Waals surface area contributed by atoms with Crippen LogP contribution < -0.4 is 4.72 Å². The zero-order valence-electron chi connectivity index (χ0n) is 14.5. The Morgan fingerprint density at radius 1 is 1.25 bits per heavy atom. The molecule has 0 atom stereocenters. The van der Waals surface area contributed by atoms with E-state index in [-0.39, 0.29) is 11.5 Å². The Morgan fingerprint density at radius 2 is 1.83 bits per heavy atom. The maximum Gasteiger partial charge on any atom is 0.409 e. The predicted molar refractivity (Wildman–Crippen MR) is 93.5 cm³/mol. The van der Waals surface area contributed by atoms with E-state index in [0.717, 1.165) is 11.1 Å². The van der Waals surface area contributed by atoms with Crippen molar-refractivity contribution in [3.63, 3.8) is 0 Å². The van der Waals surface area contributed by atoms with Crippen LogP contribution in [0.2, 0.25) is 0 Å². The number of carbonyl (C=O) groups is 1. The third-order valence-electron chi connectivity index (χ3n) is 4.58. The van der Waals surface area contributed by atoms with Gasteiger partial charge in [-0.25, -0.2) is 17.9 Å². The maximum absolute atomic E-state index is 11.9. The number of carbonyl (C=O) groups excluding carboxylic acids is 1. The highest BCUT2D eigenvalue weighted by Crippen LogP contribution is 2.35. The zero-order valence-corrected chi connectivity index (χ0v) is 15.4. The summed E-state index contributed by atoms with van der Waals surface area (Å²) in [6.45, 7) is 5.61. The highest BCUT2D eigenvalue weighted by Gasteiger charge is 2.38. The van der Waals surface area contributed by atoms with Gasteiger partial charge in [-0.05, 0) is 32.3 Å². The van der Waals surface area contributed by atoms with Gasteiger partial charge in [-0.2, -0.15) is 0 Å². The van der Waals surface area contributed by atoms with E-state index in [1.807, 2.05) is 19.1 Å². The van der Waals surface area contributed by atoms with Gasteiger partial charge in [0, 0.05) is 25.0 Å². The van der Waals surface area contributed by atoms with Crippen LogP contribution in [0.15, 0.2) is 24.3 Å². The summed E-state index contributed by atoms with van der Waals surface area (Å²) >= 11 is 0. The molecule has 0 unspecified atom stereocenters. The normalized spacial score (nSPS) is 17.5. The van der Waals surface area contributed by atoms with Crippen LogP contribution >= 0.6 is 0 Å². The number of sulfonamides is 1. The lowest BCUT2D eigenvalue weighted by atomic mass is 9.73. The molecular weight excluding hydrogens is 328 g/mol. The van der Waals surface area contributed by atoms with Gasteiger partial charge in [0.15, 0.2) is 0 Å². The fourth-order valence-corrected chi connectivity index (χ4v) is 3.61. The molecule has 0 saturated carbocycles. The lowest BCUT2D eigenvalue weighted by Gasteiger charge is -2.42. The zero-order chi connectivity index (χ0) is 17.8. The molecule has 0 aromatic heterocycles. The molecule has 1 aromatic rings. The maximum atomic E-state index is 11.9. The summed E-state index contributed by atoms with van der Waals surface area (Å²) in [6.07, 6.45) is 2.25. The summed E-state index contributed by atoms with van der Waals surface area (Å²) in [5.41, 5.74) is 1.96. The molecule has 0 bridgehead atoms. The number of likely N-dealkylation sites (tertiary alicyclic amines) is 1. The van der Waals surface area contributed by atoms with Crippen LogP contribution in [0, 0.1) is 6.92 Å². The van der Waals surface area contributed by atoms with E-state index in [1.165, 1.54) is 6.26 Å². The largest absolute Gasteiger partial charge is 0.450 e. The van der Waals surface area contributed by atoms with E-state index in [2.05, 4.69) is 16.9 Å². The molecular formula is C17H26N2O4S. The number of piperidine rings is 1. The minimum atomic E-state index is -3.27. The Morgan fingerprint density at radius 3 is 2.33 bits per heavy atom. The molecule has 1 saturated heterocycles. The Kier molecular flexibility index (Phi) is 5.87. The fourth-order valence-electron chi connectivity index (χ4n) is 3.08. The molecule has 0 radical (unpaired) electrons. The Balaban J connectivity index is 2.19. The van der Waals surface area contributed by atoms with Crippen LogP contribution in [0.1, 0.15) is 30.9 Å². The number of aryl methyl sites for hydroxylation is 1. The van der Waals surface area contributed by atoms with E-state index < -0.39 is 10.0 Å². The molecule has 7 heteroatoms. The number of rotatable bonds is 5. The molecule has 1 amide bonds. The van der Waals surface area contributed by atoms with E-state index >= 15 is 0 Å². The summed E-state index contributed by atoms with van der Waals surface area (Å²) in [6, 6.07) is 8.18. The summed E-state index contributed by atoms with van der Waals surface area (Å²) in [5, 5.41) is 0. The number of nitrogens with one attached hydrogen (secondary N) is 1. The highest BCUT2D eigenvalue weighted by molar-refractivity contribution is 7.88. The number of nitrogens with zero attached hydrogens (tertiary/aromatic N) is 1. The van der Waals surface area contributed by atoms with Crippen LogP contribution in [0.4, 0.5) is 4.79 Å². The smallest absolute Gasteiger partial charge is 0.409 e. The van der Waals surface area contributed by atoms with Crippen molar-refractivity contribution in [1.29, 1.82) is 0 Å². The first-order valence-corrected chi connectivity index (χ1v) is 10.1. The lowest BCUT2D eigenvalue weighted by molar-refractivity contribution is 0.0865. The van der Waals surface area contributed by atoms with Crippen molar-refractivity contribution in [2.24, 2.45) is 0 Å². The first-order chi connectivity index (χ1) is 11.3. The van der Waals surface area contributed by atoms with Gasteiger partial charge in [-0.1, -0.05) is 29.8 Å². The van der Waals surface area contributed by atoms with Gasteiger partial charge in [0.25, 0.3) is 0 Å². The molecule has 1 fully saturated rings. The summed E-state index contributed by atoms with van der Waals surface area (Å²) < 4.78 is 30.8. The lowest BCUT2D eigenvalue weighted by Crippen LogP contribution is -2.50. The van der Waals surface area contributed by atoms with Gasteiger partial charge in [-0.3, -0.25) is 0 Å². The van der Waals surface area contributed by atoms with Crippen LogP contribution in [-0.4, -0.2) is 51.9 Å². The second kappa shape index (κ2) is 7.53. The van der Waals surface area contributed by atoms with Crippen LogP contribution in [0.3, 0.4) is 0 Å². The monoisotopic (exact) mass is 354 g/mol. The average Bonchev–Trinajstić information content (AvgIpc) is 2.54. The van der Waals surface area contributed by atoms with Crippen molar-refractivity contribution >= 4 is 16.1 Å². The van der Waals surface area contributed by atoms with E-state index in [4.69, 9.17) is 4.74 Å². The van der Waals surface area contributed by atoms with E-state index in [9.17, 15) is 13.2 Å². The molecule has 1 aliphatic rings. The van der Waals surface area contributed by atoms with E-state index in [0.29, 0.717) is 39.1 Å². The molecule has 134 valence electrons. The Bertz CT molecular complexity index is 662. The topological polar surface area (TPSA) is 75.7 Å². The third kappa shape index (κ3) is 4.70. The van der Waals surface area contributed by atoms with E-state index in [1.54, 1.807) is 11.8 Å². The van der Waals surface area contributed by atoms with Gasteiger partial charge in [0.1, 0.15) is 0 Å². The predicted octanol–water partition coefficient (Wildman–Crippen LogP) is 2.03. The van der Waals surface area contributed by atoms with Crippen LogP contribution in [-0.2, 0) is 20.2 Å². The molecule has 0 spiro atoms. The Labute approximate surface area is 144 Å². The van der Waals surface area contributed by atoms with Gasteiger partial charge in [0.05, 0.1) is 12.9 Å². The fraction of sp³-hybridized carbons (Fsp3) is 0.588. The second-order valence-electron chi connectivity index (χ2n) is 6.43. The number of amides is 1. The average molecular weight is 354 g/mol. The van der Waals surface area contributed by atoms with Crippen molar-refractivity contribution in [3.8, 4) is 0 Å². The van der Waals surface area contributed by atoms with Crippen molar-refractivity contribution in [2.75, 3.05) is 32.5 Å². The highest BCUT2D eigenvalue weighted by atomic mass is 32.2. The number of hydrogen-bond acceptors (Lipinski definition) is 4. The molecule has 1 aromatic carbocycles. The summed E-state index contributed by atoms with van der Waals surface area (Å²) in [5.74, 6) is 0. The van der Waals surface area contributed by atoms with Crippen molar-refractivity contribution in [3.05, 3.63) is 35.4 Å². The second-order valence-corrected chi connectivity index (χ2v) is 8.26. The molecule has 1 N–H and O–H groups in total. The summed E-state index contributed by atoms with van der Waals surface area (Å²) in [7, 11) is -3.27.